The van der Waals surface area contributed by atoms with Crippen molar-refractivity contribution in [3.8, 4) is 0 Å². The minimum Gasteiger partial charge on any atom is -0.327 e. The van der Waals surface area contributed by atoms with E-state index in [1.54, 1.807) is 0 Å². The van der Waals surface area contributed by atoms with E-state index in [1.807, 2.05) is 10.9 Å². The van der Waals surface area contributed by atoms with Gasteiger partial charge in [0.1, 0.15) is 0 Å². The molecule has 0 spiro atoms. The summed E-state index contributed by atoms with van der Waals surface area (Å²) in [6.07, 6.45) is 3.13. The topological polar surface area (TPSA) is 43.8 Å². The third kappa shape index (κ3) is 1.16. The summed E-state index contributed by atoms with van der Waals surface area (Å²) < 4.78 is 1.94. The molecule has 0 saturated heterocycles. The average molecular weight is 151 g/mol. The van der Waals surface area contributed by atoms with E-state index in [0.717, 1.165) is 13.0 Å². The van der Waals surface area contributed by atoms with Gasteiger partial charge in [0.25, 0.3) is 0 Å². The Bertz CT molecular complexity index is 254. The molecule has 1 fully saturated rings. The Hall–Kier alpha value is -0.830. The fourth-order valence-electron chi connectivity index (χ4n) is 1.31. The van der Waals surface area contributed by atoms with Gasteiger partial charge in [-0.15, -0.1) is 0 Å². The van der Waals surface area contributed by atoms with Gasteiger partial charge in [-0.3, -0.25) is 4.68 Å². The molecule has 1 aliphatic rings. The van der Waals surface area contributed by atoms with Gasteiger partial charge in [-0.1, -0.05) is 0 Å². The first-order valence-electron chi connectivity index (χ1n) is 4.10. The lowest BCUT2D eigenvalue weighted by molar-refractivity contribution is 0.646. The highest BCUT2D eigenvalue weighted by Crippen LogP contribution is 2.37. The van der Waals surface area contributed by atoms with Crippen LogP contribution in [0.5, 0.6) is 0 Å². The number of nitrogens with zero attached hydrogens (tertiary/aromatic N) is 2. The highest BCUT2D eigenvalue weighted by Gasteiger charge is 2.36. The van der Waals surface area contributed by atoms with E-state index in [4.69, 9.17) is 5.73 Å². The molecule has 0 radical (unpaired) electrons. The first-order valence-corrected chi connectivity index (χ1v) is 4.10. The number of hydrogen-bond donors (Lipinski definition) is 1. The largest absolute Gasteiger partial charge is 0.327 e. The van der Waals surface area contributed by atoms with Crippen LogP contribution in [0.3, 0.4) is 0 Å². The van der Waals surface area contributed by atoms with Crippen molar-refractivity contribution in [2.45, 2.75) is 31.8 Å². The van der Waals surface area contributed by atoms with E-state index in [2.05, 4.69) is 18.1 Å². The molecular formula is C8H13N3. The Balaban J connectivity index is 2.13. The Morgan fingerprint density at radius 3 is 3.00 bits per heavy atom. The Morgan fingerprint density at radius 1 is 1.82 bits per heavy atom. The smallest absolute Gasteiger partial charge is 0.0671 e. The van der Waals surface area contributed by atoms with Crippen molar-refractivity contribution in [2.24, 2.45) is 5.73 Å². The summed E-state index contributed by atoms with van der Waals surface area (Å²) in [4.78, 5) is 0. The third-order valence-corrected chi connectivity index (χ3v) is 2.20. The van der Waals surface area contributed by atoms with Crippen molar-refractivity contribution < 1.29 is 0 Å². The number of aromatic nitrogens is 2. The molecular weight excluding hydrogens is 138 g/mol. The highest BCUT2D eigenvalue weighted by atomic mass is 15.3. The van der Waals surface area contributed by atoms with Gasteiger partial charge in [0.05, 0.1) is 5.69 Å². The standard InChI is InChI=1S/C8H13N3/c1-2-11-4-3-8(10-11)6-5-7(6)9/h3-4,6-7H,2,5,9H2,1H3/t6-,7-/m1/s1. The molecule has 11 heavy (non-hydrogen) atoms. The van der Waals surface area contributed by atoms with Crippen molar-refractivity contribution in [1.29, 1.82) is 0 Å². The molecule has 1 aromatic heterocycles. The van der Waals surface area contributed by atoms with Gasteiger partial charge in [0, 0.05) is 24.7 Å². The zero-order valence-corrected chi connectivity index (χ0v) is 6.70. The lowest BCUT2D eigenvalue weighted by Gasteiger charge is -1.92. The summed E-state index contributed by atoms with van der Waals surface area (Å²) in [5.41, 5.74) is 6.87. The predicted octanol–water partition coefficient (Wildman–Crippen LogP) is 0.718. The second-order valence-electron chi connectivity index (χ2n) is 3.10. The molecule has 2 atom stereocenters. The molecule has 0 aliphatic heterocycles. The summed E-state index contributed by atoms with van der Waals surface area (Å²) in [6, 6.07) is 2.44. The van der Waals surface area contributed by atoms with Crippen molar-refractivity contribution in [3.05, 3.63) is 18.0 Å². The minimum absolute atomic E-state index is 0.371. The minimum atomic E-state index is 0.371. The van der Waals surface area contributed by atoms with Gasteiger partial charge >= 0.3 is 0 Å². The molecule has 1 heterocycles. The summed E-state index contributed by atoms with van der Waals surface area (Å²) in [7, 11) is 0. The van der Waals surface area contributed by atoms with Crippen LogP contribution in [0.4, 0.5) is 0 Å². The molecule has 3 nitrogen and oxygen atoms in total. The summed E-state index contributed by atoms with van der Waals surface area (Å²) >= 11 is 0. The predicted molar refractivity (Wildman–Crippen MR) is 43.2 cm³/mol. The average Bonchev–Trinajstić information content (AvgIpc) is 2.59. The fraction of sp³-hybridized carbons (Fsp3) is 0.625. The van der Waals surface area contributed by atoms with Crippen molar-refractivity contribution in [3.63, 3.8) is 0 Å². The summed E-state index contributed by atoms with van der Waals surface area (Å²) in [5, 5.41) is 4.38. The normalized spacial score (nSPS) is 28.9. The molecule has 1 aliphatic carbocycles. The molecule has 0 bridgehead atoms. The zero-order valence-electron chi connectivity index (χ0n) is 6.70. The molecule has 0 unspecified atom stereocenters. The van der Waals surface area contributed by atoms with E-state index in [1.165, 1.54) is 5.69 Å². The maximum Gasteiger partial charge on any atom is 0.0671 e. The molecule has 60 valence electrons. The Labute approximate surface area is 66.2 Å². The van der Waals surface area contributed by atoms with Gasteiger partial charge in [-0.2, -0.15) is 5.10 Å². The Kier molecular flexibility index (Phi) is 1.46. The van der Waals surface area contributed by atoms with Crippen LogP contribution in [0.1, 0.15) is 25.0 Å². The summed E-state index contributed by atoms with van der Waals surface area (Å²) in [5.74, 6) is 0.544. The van der Waals surface area contributed by atoms with E-state index in [-0.39, 0.29) is 0 Å². The van der Waals surface area contributed by atoms with Gasteiger partial charge in [0.15, 0.2) is 0 Å². The number of nitrogens with two attached hydrogens (primary N) is 1. The second-order valence-corrected chi connectivity index (χ2v) is 3.10. The third-order valence-electron chi connectivity index (χ3n) is 2.20. The molecule has 2 rings (SSSR count). The summed E-state index contributed by atoms with van der Waals surface area (Å²) in [6.45, 7) is 3.03. The van der Waals surface area contributed by atoms with Gasteiger partial charge in [-0.25, -0.2) is 0 Å². The van der Waals surface area contributed by atoms with Crippen molar-refractivity contribution in [1.82, 2.24) is 9.78 Å². The van der Waals surface area contributed by atoms with Crippen LogP contribution in [-0.4, -0.2) is 15.8 Å². The molecule has 1 aromatic rings. The van der Waals surface area contributed by atoms with E-state index in [9.17, 15) is 0 Å². The van der Waals surface area contributed by atoms with Gasteiger partial charge < -0.3 is 5.73 Å². The number of aryl methyl sites for hydroxylation is 1. The van der Waals surface area contributed by atoms with E-state index in [0.29, 0.717) is 12.0 Å². The van der Waals surface area contributed by atoms with Crippen molar-refractivity contribution >= 4 is 0 Å². The lowest BCUT2D eigenvalue weighted by atomic mass is 10.3. The lowest BCUT2D eigenvalue weighted by Crippen LogP contribution is -2.02. The molecule has 2 N–H and O–H groups in total. The van der Waals surface area contributed by atoms with Crippen LogP contribution in [0.2, 0.25) is 0 Å². The maximum absolute atomic E-state index is 5.70. The highest BCUT2D eigenvalue weighted by molar-refractivity contribution is 5.18. The van der Waals surface area contributed by atoms with Crippen LogP contribution in [-0.2, 0) is 6.54 Å². The van der Waals surface area contributed by atoms with Crippen LogP contribution in [0.25, 0.3) is 0 Å². The van der Waals surface area contributed by atoms with Gasteiger partial charge in [-0.05, 0) is 19.4 Å². The fourth-order valence-corrected chi connectivity index (χ4v) is 1.31. The SMILES string of the molecule is CCn1ccc([C@@H]2C[C@H]2N)n1. The molecule has 1 saturated carbocycles. The van der Waals surface area contributed by atoms with Crippen molar-refractivity contribution in [2.75, 3.05) is 0 Å². The Morgan fingerprint density at radius 2 is 2.55 bits per heavy atom. The van der Waals surface area contributed by atoms with Crippen LogP contribution in [0, 0.1) is 0 Å². The molecule has 3 heteroatoms. The zero-order chi connectivity index (χ0) is 7.84. The number of hydrogen-bond acceptors (Lipinski definition) is 2. The van der Waals surface area contributed by atoms with Gasteiger partial charge in [0.2, 0.25) is 0 Å². The van der Waals surface area contributed by atoms with E-state index < -0.39 is 0 Å². The van der Waals surface area contributed by atoms with Crippen LogP contribution < -0.4 is 5.73 Å². The molecule has 0 amide bonds. The van der Waals surface area contributed by atoms with E-state index >= 15 is 0 Å². The first kappa shape index (κ1) is 6.85. The second kappa shape index (κ2) is 2.34. The number of rotatable bonds is 2. The van der Waals surface area contributed by atoms with Crippen LogP contribution in [0.15, 0.2) is 12.3 Å². The molecule has 0 aromatic carbocycles. The monoisotopic (exact) mass is 151 g/mol. The first-order chi connectivity index (χ1) is 5.31. The van der Waals surface area contributed by atoms with Crippen LogP contribution >= 0.6 is 0 Å². The quantitative estimate of drug-likeness (QED) is 0.676. The maximum atomic E-state index is 5.70.